The normalized spacial score (nSPS) is 13.6. The second-order valence-corrected chi connectivity index (χ2v) is 5.09. The molecule has 1 unspecified atom stereocenters. The maximum absolute atomic E-state index is 12.6. The molecule has 0 saturated carbocycles. The van der Waals surface area contributed by atoms with E-state index in [9.17, 15) is 18.3 Å². The van der Waals surface area contributed by atoms with E-state index < -0.39 is 12.7 Å². The molecule has 0 aromatic heterocycles. The minimum Gasteiger partial charge on any atom is -0.508 e. The van der Waals surface area contributed by atoms with Gasteiger partial charge < -0.3 is 15.3 Å². The Labute approximate surface area is 117 Å². The number of alkyl halides is 3. The largest absolute Gasteiger partial charge is 0.508 e. The first kappa shape index (κ1) is 16.6. The molecule has 0 heterocycles. The number of hydrogen-bond acceptors (Lipinski definition) is 3. The number of rotatable bonds is 5. The molecule has 0 radical (unpaired) electrons. The van der Waals surface area contributed by atoms with Crippen LogP contribution in [0.2, 0.25) is 0 Å². The molecular weight excluding hydrogens is 269 g/mol. The Hall–Kier alpha value is -1.43. The van der Waals surface area contributed by atoms with Crippen LogP contribution in [0.1, 0.15) is 32.4 Å². The summed E-state index contributed by atoms with van der Waals surface area (Å²) in [6.45, 7) is 4.20. The third-order valence-corrected chi connectivity index (χ3v) is 3.22. The Morgan fingerprint density at radius 3 is 2.25 bits per heavy atom. The van der Waals surface area contributed by atoms with Gasteiger partial charge in [0.15, 0.2) is 0 Å². The number of phenolic OH excluding ortho intramolecular Hbond substituents is 1. The van der Waals surface area contributed by atoms with E-state index in [1.165, 1.54) is 11.0 Å². The molecule has 6 heteroatoms. The molecule has 20 heavy (non-hydrogen) atoms. The smallest absolute Gasteiger partial charge is 0.405 e. The fraction of sp³-hybridized carbons (Fsp3) is 0.571. The van der Waals surface area contributed by atoms with E-state index in [0.29, 0.717) is 11.3 Å². The van der Waals surface area contributed by atoms with Crippen LogP contribution in [0.25, 0.3) is 0 Å². The third-order valence-electron chi connectivity index (χ3n) is 3.22. The summed E-state index contributed by atoms with van der Waals surface area (Å²) in [5, 5.41) is 13.0. The topological polar surface area (TPSA) is 35.5 Å². The average molecular weight is 290 g/mol. The summed E-state index contributed by atoms with van der Waals surface area (Å²) in [7, 11) is 1.75. The van der Waals surface area contributed by atoms with Gasteiger partial charge in [-0.15, -0.1) is 0 Å². The summed E-state index contributed by atoms with van der Waals surface area (Å²) >= 11 is 0. The van der Waals surface area contributed by atoms with Crippen LogP contribution in [0, 0.1) is 0 Å². The molecule has 2 N–H and O–H groups in total. The molecule has 0 amide bonds. The van der Waals surface area contributed by atoms with Crippen LogP contribution in [-0.2, 0) is 0 Å². The quantitative estimate of drug-likeness (QED) is 0.872. The summed E-state index contributed by atoms with van der Waals surface area (Å²) in [6, 6.07) is 4.25. The summed E-state index contributed by atoms with van der Waals surface area (Å²) in [5.41, 5.74) is 1.02. The SMILES string of the molecule is CNC(C)c1ccc(N(CC(F)(F)F)C(C)C)cc1O. The molecule has 0 spiro atoms. The molecule has 0 bridgehead atoms. The van der Waals surface area contributed by atoms with Crippen LogP contribution in [0.5, 0.6) is 5.75 Å². The van der Waals surface area contributed by atoms with Crippen LogP contribution in [0.15, 0.2) is 18.2 Å². The lowest BCUT2D eigenvalue weighted by molar-refractivity contribution is -0.120. The van der Waals surface area contributed by atoms with Gasteiger partial charge in [0.2, 0.25) is 0 Å². The highest BCUT2D eigenvalue weighted by Crippen LogP contribution is 2.31. The molecule has 1 aromatic rings. The summed E-state index contributed by atoms with van der Waals surface area (Å²) < 4.78 is 37.8. The van der Waals surface area contributed by atoms with E-state index in [0.717, 1.165) is 0 Å². The fourth-order valence-electron chi connectivity index (χ4n) is 2.00. The standard InChI is InChI=1S/C14H21F3N2O/c1-9(2)19(8-14(15,16)17)11-5-6-12(10(3)18-4)13(20)7-11/h5-7,9-10,18,20H,8H2,1-4H3. The first-order chi connectivity index (χ1) is 9.15. The lowest BCUT2D eigenvalue weighted by Crippen LogP contribution is -2.39. The maximum Gasteiger partial charge on any atom is 0.405 e. The Balaban J connectivity index is 3.07. The van der Waals surface area contributed by atoms with Crippen molar-refractivity contribution < 1.29 is 18.3 Å². The molecule has 1 rings (SSSR count). The number of nitrogens with one attached hydrogen (secondary N) is 1. The second-order valence-electron chi connectivity index (χ2n) is 5.09. The number of nitrogens with zero attached hydrogens (tertiary/aromatic N) is 1. The van der Waals surface area contributed by atoms with Gasteiger partial charge in [-0.1, -0.05) is 6.07 Å². The number of hydrogen-bond donors (Lipinski definition) is 2. The van der Waals surface area contributed by atoms with Crippen molar-refractivity contribution in [2.45, 2.75) is 39.0 Å². The monoisotopic (exact) mass is 290 g/mol. The van der Waals surface area contributed by atoms with E-state index in [4.69, 9.17) is 0 Å². The number of phenols is 1. The zero-order chi connectivity index (χ0) is 15.5. The van der Waals surface area contributed by atoms with Gasteiger partial charge in [0.25, 0.3) is 0 Å². The molecule has 114 valence electrons. The summed E-state index contributed by atoms with van der Waals surface area (Å²) in [4.78, 5) is 1.22. The molecule has 0 saturated heterocycles. The van der Waals surface area contributed by atoms with Gasteiger partial charge in [0.05, 0.1) is 0 Å². The minimum absolute atomic E-state index is 0.00262. The van der Waals surface area contributed by atoms with E-state index in [1.54, 1.807) is 33.0 Å². The summed E-state index contributed by atoms with van der Waals surface area (Å²) in [5.74, 6) is -0.00262. The van der Waals surface area contributed by atoms with Crippen LogP contribution in [0.3, 0.4) is 0 Å². The van der Waals surface area contributed by atoms with Crippen molar-refractivity contribution in [2.75, 3.05) is 18.5 Å². The number of benzene rings is 1. The molecule has 1 aromatic carbocycles. The molecule has 0 aliphatic heterocycles. The van der Waals surface area contributed by atoms with Crippen molar-refractivity contribution in [3.63, 3.8) is 0 Å². The predicted octanol–water partition coefficient (Wildman–Crippen LogP) is 3.45. The zero-order valence-corrected chi connectivity index (χ0v) is 12.1. The van der Waals surface area contributed by atoms with E-state index in [1.807, 2.05) is 6.92 Å². The molecule has 0 aliphatic rings. The van der Waals surface area contributed by atoms with E-state index in [-0.39, 0.29) is 17.8 Å². The van der Waals surface area contributed by atoms with E-state index >= 15 is 0 Å². The highest BCUT2D eigenvalue weighted by Gasteiger charge is 2.32. The Morgan fingerprint density at radius 1 is 1.25 bits per heavy atom. The van der Waals surface area contributed by atoms with Crippen LogP contribution >= 0.6 is 0 Å². The molecule has 0 fully saturated rings. The van der Waals surface area contributed by atoms with Gasteiger partial charge in [-0.05, 0) is 33.9 Å². The Morgan fingerprint density at radius 2 is 1.85 bits per heavy atom. The number of aromatic hydroxyl groups is 1. The minimum atomic E-state index is -4.28. The van der Waals surface area contributed by atoms with Crippen molar-refractivity contribution in [3.05, 3.63) is 23.8 Å². The lowest BCUT2D eigenvalue weighted by Gasteiger charge is -2.30. The Kier molecular flexibility index (Phi) is 5.28. The highest BCUT2D eigenvalue weighted by atomic mass is 19.4. The van der Waals surface area contributed by atoms with Crippen molar-refractivity contribution in [1.82, 2.24) is 5.32 Å². The summed E-state index contributed by atoms with van der Waals surface area (Å²) in [6.07, 6.45) is -4.28. The number of halogens is 3. The van der Waals surface area contributed by atoms with Crippen molar-refractivity contribution in [2.24, 2.45) is 0 Å². The first-order valence-corrected chi connectivity index (χ1v) is 6.49. The predicted molar refractivity (Wildman–Crippen MR) is 74.1 cm³/mol. The average Bonchev–Trinajstić information content (AvgIpc) is 2.33. The van der Waals surface area contributed by atoms with Crippen LogP contribution in [0.4, 0.5) is 18.9 Å². The molecule has 3 nitrogen and oxygen atoms in total. The zero-order valence-electron chi connectivity index (χ0n) is 12.1. The molecular formula is C14H21F3N2O. The lowest BCUT2D eigenvalue weighted by atomic mass is 10.1. The fourth-order valence-corrected chi connectivity index (χ4v) is 2.00. The van der Waals surface area contributed by atoms with Crippen molar-refractivity contribution in [1.29, 1.82) is 0 Å². The van der Waals surface area contributed by atoms with Gasteiger partial charge >= 0.3 is 6.18 Å². The third kappa shape index (κ3) is 4.30. The van der Waals surface area contributed by atoms with Crippen molar-refractivity contribution >= 4 is 5.69 Å². The van der Waals surface area contributed by atoms with Crippen LogP contribution < -0.4 is 10.2 Å². The van der Waals surface area contributed by atoms with Gasteiger partial charge in [-0.2, -0.15) is 13.2 Å². The number of anilines is 1. The van der Waals surface area contributed by atoms with Crippen molar-refractivity contribution in [3.8, 4) is 5.75 Å². The first-order valence-electron chi connectivity index (χ1n) is 6.49. The van der Waals surface area contributed by atoms with E-state index in [2.05, 4.69) is 5.32 Å². The maximum atomic E-state index is 12.6. The van der Waals surface area contributed by atoms with Gasteiger partial charge in [-0.25, -0.2) is 0 Å². The van der Waals surface area contributed by atoms with Gasteiger partial charge in [0, 0.05) is 29.4 Å². The van der Waals surface area contributed by atoms with Gasteiger partial charge in [0.1, 0.15) is 12.3 Å². The highest BCUT2D eigenvalue weighted by molar-refractivity contribution is 5.54. The molecule has 0 aliphatic carbocycles. The van der Waals surface area contributed by atoms with Crippen LogP contribution in [-0.4, -0.2) is 30.9 Å². The second kappa shape index (κ2) is 6.35. The van der Waals surface area contributed by atoms with Gasteiger partial charge in [-0.3, -0.25) is 0 Å². The molecule has 1 atom stereocenters. The Bertz CT molecular complexity index is 447.